The minimum absolute atomic E-state index is 0.0853. The van der Waals surface area contributed by atoms with Gasteiger partial charge in [-0.15, -0.1) is 0 Å². The number of aryl methyl sites for hydroxylation is 1. The SMILES string of the molecule is COc1cccc(C(=O)Nc2ccc(OCCNCCO)c(-c3ccnn3C)c2)c1. The summed E-state index contributed by atoms with van der Waals surface area (Å²) in [7, 11) is 3.42. The van der Waals surface area contributed by atoms with Crippen molar-refractivity contribution in [2.24, 2.45) is 7.05 Å². The fourth-order valence-electron chi connectivity index (χ4n) is 2.98. The molecule has 8 nitrogen and oxygen atoms in total. The van der Waals surface area contributed by atoms with Crippen molar-refractivity contribution < 1.29 is 19.4 Å². The van der Waals surface area contributed by atoms with Crippen LogP contribution >= 0.6 is 0 Å². The normalized spacial score (nSPS) is 10.6. The molecule has 0 unspecified atom stereocenters. The standard InChI is InChI=1S/C22H26N4O4/c1-26-20(8-9-24-26)19-15-17(6-7-21(19)30-13-11-23-10-12-27)25-22(28)16-4-3-5-18(14-16)29-2/h3-9,14-15,23,27H,10-13H2,1-2H3,(H,25,28). The van der Waals surface area contributed by atoms with E-state index < -0.39 is 0 Å². The highest BCUT2D eigenvalue weighted by molar-refractivity contribution is 6.04. The van der Waals surface area contributed by atoms with E-state index in [2.05, 4.69) is 15.7 Å². The van der Waals surface area contributed by atoms with Crippen molar-refractivity contribution in [2.75, 3.05) is 38.7 Å². The van der Waals surface area contributed by atoms with Crippen molar-refractivity contribution in [3.05, 3.63) is 60.3 Å². The monoisotopic (exact) mass is 410 g/mol. The van der Waals surface area contributed by atoms with E-state index in [4.69, 9.17) is 14.6 Å². The van der Waals surface area contributed by atoms with Gasteiger partial charge in [0.25, 0.3) is 5.91 Å². The molecule has 0 saturated carbocycles. The lowest BCUT2D eigenvalue weighted by atomic mass is 10.1. The lowest BCUT2D eigenvalue weighted by molar-refractivity contribution is 0.102. The third-order valence-corrected chi connectivity index (χ3v) is 4.49. The van der Waals surface area contributed by atoms with Gasteiger partial charge in [-0.1, -0.05) is 6.07 Å². The largest absolute Gasteiger partial charge is 0.497 e. The number of benzene rings is 2. The van der Waals surface area contributed by atoms with Gasteiger partial charge in [0.15, 0.2) is 0 Å². The number of carbonyl (C=O) groups is 1. The fourth-order valence-corrected chi connectivity index (χ4v) is 2.98. The fraction of sp³-hybridized carbons (Fsp3) is 0.273. The Labute approximate surface area is 175 Å². The molecule has 0 fully saturated rings. The molecule has 8 heteroatoms. The molecule has 0 atom stereocenters. The van der Waals surface area contributed by atoms with E-state index in [1.54, 1.807) is 48.3 Å². The maximum absolute atomic E-state index is 12.7. The number of methoxy groups -OCH3 is 1. The molecule has 0 bridgehead atoms. The molecule has 3 aromatic rings. The van der Waals surface area contributed by atoms with E-state index in [-0.39, 0.29) is 12.5 Å². The molecular weight excluding hydrogens is 384 g/mol. The highest BCUT2D eigenvalue weighted by atomic mass is 16.5. The van der Waals surface area contributed by atoms with Crippen molar-refractivity contribution in [2.45, 2.75) is 0 Å². The highest BCUT2D eigenvalue weighted by Crippen LogP contribution is 2.32. The van der Waals surface area contributed by atoms with Crippen molar-refractivity contribution in [1.82, 2.24) is 15.1 Å². The van der Waals surface area contributed by atoms with Crippen LogP contribution in [0.4, 0.5) is 5.69 Å². The lowest BCUT2D eigenvalue weighted by Gasteiger charge is -2.14. The molecular formula is C22H26N4O4. The number of aliphatic hydroxyl groups is 1. The first-order valence-electron chi connectivity index (χ1n) is 9.64. The van der Waals surface area contributed by atoms with Gasteiger partial charge in [-0.05, 0) is 42.5 Å². The summed E-state index contributed by atoms with van der Waals surface area (Å²) in [6.45, 7) is 1.66. The molecule has 3 rings (SSSR count). The Balaban J connectivity index is 1.80. The van der Waals surface area contributed by atoms with Crippen LogP contribution in [0.2, 0.25) is 0 Å². The first-order valence-corrected chi connectivity index (χ1v) is 9.64. The summed E-state index contributed by atoms with van der Waals surface area (Å²) in [5, 5.41) is 19.1. The summed E-state index contributed by atoms with van der Waals surface area (Å²) < 4.78 is 12.9. The highest BCUT2D eigenvalue weighted by Gasteiger charge is 2.13. The molecule has 1 aromatic heterocycles. The average molecular weight is 410 g/mol. The van der Waals surface area contributed by atoms with Gasteiger partial charge in [-0.3, -0.25) is 9.48 Å². The molecule has 158 valence electrons. The molecule has 1 amide bonds. The minimum Gasteiger partial charge on any atom is -0.497 e. The van der Waals surface area contributed by atoms with Crippen LogP contribution in [0.5, 0.6) is 11.5 Å². The Bertz CT molecular complexity index is 987. The van der Waals surface area contributed by atoms with E-state index in [0.717, 1.165) is 11.3 Å². The molecule has 0 saturated heterocycles. The number of aliphatic hydroxyl groups excluding tert-OH is 1. The van der Waals surface area contributed by atoms with Gasteiger partial charge < -0.3 is 25.2 Å². The quantitative estimate of drug-likeness (QED) is 0.444. The van der Waals surface area contributed by atoms with Crippen LogP contribution in [-0.4, -0.2) is 54.2 Å². The van der Waals surface area contributed by atoms with Gasteiger partial charge in [0.1, 0.15) is 18.1 Å². The second kappa shape index (κ2) is 10.4. The van der Waals surface area contributed by atoms with Crippen LogP contribution in [-0.2, 0) is 7.05 Å². The van der Waals surface area contributed by atoms with Gasteiger partial charge in [0.05, 0.1) is 19.4 Å². The lowest BCUT2D eigenvalue weighted by Crippen LogP contribution is -2.24. The Morgan fingerprint density at radius 2 is 2.03 bits per heavy atom. The van der Waals surface area contributed by atoms with Crippen LogP contribution in [0.1, 0.15) is 10.4 Å². The van der Waals surface area contributed by atoms with Crippen molar-refractivity contribution >= 4 is 11.6 Å². The van der Waals surface area contributed by atoms with E-state index in [1.807, 2.05) is 25.2 Å². The summed E-state index contributed by atoms with van der Waals surface area (Å²) in [6, 6.07) is 14.4. The summed E-state index contributed by atoms with van der Waals surface area (Å²) in [6.07, 6.45) is 1.71. The number of carbonyl (C=O) groups excluding carboxylic acids is 1. The van der Waals surface area contributed by atoms with Gasteiger partial charge in [-0.2, -0.15) is 5.10 Å². The van der Waals surface area contributed by atoms with Crippen LogP contribution in [0.25, 0.3) is 11.3 Å². The minimum atomic E-state index is -0.230. The van der Waals surface area contributed by atoms with E-state index >= 15 is 0 Å². The predicted molar refractivity (Wildman–Crippen MR) is 115 cm³/mol. The Hall–Kier alpha value is -3.36. The topological polar surface area (TPSA) is 97.6 Å². The molecule has 0 aliphatic heterocycles. The van der Waals surface area contributed by atoms with E-state index in [9.17, 15) is 4.79 Å². The first kappa shape index (κ1) is 21.4. The number of ether oxygens (including phenoxy) is 2. The molecule has 30 heavy (non-hydrogen) atoms. The Morgan fingerprint density at radius 3 is 2.77 bits per heavy atom. The zero-order valence-electron chi connectivity index (χ0n) is 17.1. The Kier molecular flexibility index (Phi) is 7.42. The maximum Gasteiger partial charge on any atom is 0.255 e. The zero-order chi connectivity index (χ0) is 21.3. The van der Waals surface area contributed by atoms with Crippen LogP contribution in [0.15, 0.2) is 54.7 Å². The molecule has 1 heterocycles. The third-order valence-electron chi connectivity index (χ3n) is 4.49. The van der Waals surface area contributed by atoms with Crippen molar-refractivity contribution in [3.8, 4) is 22.8 Å². The molecule has 0 aliphatic carbocycles. The number of nitrogens with zero attached hydrogens (tertiary/aromatic N) is 2. The predicted octanol–water partition coefficient (Wildman–Crippen LogP) is 2.31. The summed E-state index contributed by atoms with van der Waals surface area (Å²) in [5.74, 6) is 1.08. The van der Waals surface area contributed by atoms with E-state index in [1.165, 1.54) is 0 Å². The van der Waals surface area contributed by atoms with Gasteiger partial charge in [-0.25, -0.2) is 0 Å². The van der Waals surface area contributed by atoms with Crippen LogP contribution in [0, 0.1) is 0 Å². The molecule has 3 N–H and O–H groups in total. The second-order valence-electron chi connectivity index (χ2n) is 6.56. The number of anilines is 1. The van der Waals surface area contributed by atoms with Crippen LogP contribution in [0.3, 0.4) is 0 Å². The smallest absolute Gasteiger partial charge is 0.255 e. The van der Waals surface area contributed by atoms with E-state index in [0.29, 0.717) is 42.4 Å². The number of hydrogen-bond donors (Lipinski definition) is 3. The third kappa shape index (κ3) is 5.37. The molecule has 0 aliphatic rings. The molecule has 0 radical (unpaired) electrons. The number of amides is 1. The zero-order valence-corrected chi connectivity index (χ0v) is 17.1. The van der Waals surface area contributed by atoms with Crippen molar-refractivity contribution in [3.63, 3.8) is 0 Å². The first-order chi connectivity index (χ1) is 14.6. The number of nitrogens with one attached hydrogen (secondary N) is 2. The molecule has 2 aromatic carbocycles. The van der Waals surface area contributed by atoms with Gasteiger partial charge in [0.2, 0.25) is 0 Å². The van der Waals surface area contributed by atoms with Gasteiger partial charge in [0, 0.05) is 43.1 Å². The summed E-state index contributed by atoms with van der Waals surface area (Å²) in [4.78, 5) is 12.7. The Morgan fingerprint density at radius 1 is 1.17 bits per heavy atom. The maximum atomic E-state index is 12.7. The summed E-state index contributed by atoms with van der Waals surface area (Å²) >= 11 is 0. The number of rotatable bonds is 10. The average Bonchev–Trinajstić information content (AvgIpc) is 3.20. The number of aromatic nitrogens is 2. The second-order valence-corrected chi connectivity index (χ2v) is 6.56. The molecule has 0 spiro atoms. The number of hydrogen-bond acceptors (Lipinski definition) is 6. The summed E-state index contributed by atoms with van der Waals surface area (Å²) in [5.41, 5.74) is 2.84. The van der Waals surface area contributed by atoms with Gasteiger partial charge >= 0.3 is 0 Å². The van der Waals surface area contributed by atoms with Crippen LogP contribution < -0.4 is 20.1 Å². The van der Waals surface area contributed by atoms with Crippen molar-refractivity contribution in [1.29, 1.82) is 0 Å².